The summed E-state index contributed by atoms with van der Waals surface area (Å²) in [5, 5.41) is 16.0. The molecule has 0 spiro atoms. The number of hydrogen-bond donors (Lipinski definition) is 3. The van der Waals surface area contributed by atoms with E-state index in [-0.39, 0.29) is 60.0 Å². The second-order valence-electron chi connectivity index (χ2n) is 13.9. The summed E-state index contributed by atoms with van der Waals surface area (Å²) in [6.07, 6.45) is -0.793. The summed E-state index contributed by atoms with van der Waals surface area (Å²) in [7, 11) is 0. The Morgan fingerprint density at radius 1 is 0.733 bits per heavy atom. The predicted molar refractivity (Wildman–Crippen MR) is 196 cm³/mol. The van der Waals surface area contributed by atoms with Crippen LogP contribution < -0.4 is 5.32 Å². The standard InChI is InChI=1S/C37H48N4O.3ClH/c1-25-32(40-35(39-25)26-13-9-8-10-14-26)34(42)33(41-21-19-38-20-22-41)31(27-15-11-17-29(23-27)36(2,3)4)28-16-12-18-30(24-28)37(5,6)7;;;/h8-18,23-24,31,33-34,38,42H,19-22H2,1-7H3,(H,39,40);3*1H. The van der Waals surface area contributed by atoms with Crippen LogP contribution in [0.3, 0.4) is 0 Å². The summed E-state index contributed by atoms with van der Waals surface area (Å²) in [6.45, 7) is 19.2. The Hall–Kier alpha value is -2.38. The second kappa shape index (κ2) is 15.9. The normalized spacial score (nSPS) is 15.4. The van der Waals surface area contributed by atoms with Crippen LogP contribution in [0.2, 0.25) is 0 Å². The monoisotopic (exact) mass is 672 g/mol. The molecule has 1 aliphatic heterocycles. The Kier molecular flexibility index (Phi) is 13.8. The van der Waals surface area contributed by atoms with E-state index in [1.807, 2.05) is 25.1 Å². The number of aliphatic hydroxyl groups excluding tert-OH is 1. The highest BCUT2D eigenvalue weighted by atomic mass is 35.5. The third kappa shape index (κ3) is 8.91. The first-order valence-corrected chi connectivity index (χ1v) is 15.4. The highest BCUT2D eigenvalue weighted by Gasteiger charge is 2.39. The fraction of sp³-hybridized carbons (Fsp3) is 0.432. The fourth-order valence-corrected chi connectivity index (χ4v) is 6.21. The predicted octanol–water partition coefficient (Wildman–Crippen LogP) is 8.38. The van der Waals surface area contributed by atoms with Crippen LogP contribution in [-0.2, 0) is 10.8 Å². The molecule has 0 amide bonds. The van der Waals surface area contributed by atoms with Gasteiger partial charge in [-0.2, -0.15) is 0 Å². The molecule has 1 aromatic heterocycles. The zero-order chi connectivity index (χ0) is 30.1. The number of rotatable bonds is 7. The number of benzene rings is 3. The van der Waals surface area contributed by atoms with E-state index < -0.39 is 6.10 Å². The minimum atomic E-state index is -0.793. The van der Waals surface area contributed by atoms with Gasteiger partial charge in [-0.25, -0.2) is 4.98 Å². The Bertz CT molecular complexity index is 1430. The van der Waals surface area contributed by atoms with E-state index in [9.17, 15) is 5.11 Å². The van der Waals surface area contributed by atoms with Gasteiger partial charge in [0.1, 0.15) is 11.9 Å². The molecule has 8 heteroatoms. The molecule has 2 heterocycles. The van der Waals surface area contributed by atoms with Gasteiger partial charge in [0, 0.05) is 43.4 Å². The van der Waals surface area contributed by atoms with Crippen molar-refractivity contribution in [2.45, 2.75) is 77.4 Å². The van der Waals surface area contributed by atoms with Gasteiger partial charge in [-0.05, 0) is 40.0 Å². The minimum absolute atomic E-state index is 0. The van der Waals surface area contributed by atoms with Crippen LogP contribution in [-0.4, -0.2) is 52.2 Å². The average Bonchev–Trinajstić information content (AvgIpc) is 3.37. The molecule has 1 aliphatic rings. The zero-order valence-electron chi connectivity index (χ0n) is 27.6. The van der Waals surface area contributed by atoms with Crippen LogP contribution in [0.25, 0.3) is 11.4 Å². The molecule has 5 rings (SSSR count). The van der Waals surface area contributed by atoms with E-state index in [1.54, 1.807) is 0 Å². The molecule has 45 heavy (non-hydrogen) atoms. The summed E-state index contributed by atoms with van der Waals surface area (Å²) in [5.74, 6) is 0.737. The number of H-pyrrole nitrogens is 1. The Balaban J connectivity index is 0.00000235. The Morgan fingerprint density at radius 2 is 1.24 bits per heavy atom. The van der Waals surface area contributed by atoms with Crippen molar-refractivity contribution >= 4 is 37.2 Å². The second-order valence-corrected chi connectivity index (χ2v) is 13.9. The number of imidazole rings is 1. The number of aliphatic hydroxyl groups is 1. The van der Waals surface area contributed by atoms with Gasteiger partial charge >= 0.3 is 0 Å². The lowest BCUT2D eigenvalue weighted by atomic mass is 9.76. The quantitative estimate of drug-likeness (QED) is 0.184. The minimum Gasteiger partial charge on any atom is -0.385 e. The highest BCUT2D eigenvalue weighted by Crippen LogP contribution is 2.41. The molecule has 0 bridgehead atoms. The van der Waals surface area contributed by atoms with Gasteiger partial charge in [-0.1, -0.05) is 120 Å². The van der Waals surface area contributed by atoms with Crippen molar-refractivity contribution in [2.75, 3.05) is 26.2 Å². The van der Waals surface area contributed by atoms with Gasteiger partial charge in [-0.15, -0.1) is 37.2 Å². The topological polar surface area (TPSA) is 64.2 Å². The molecule has 1 fully saturated rings. The molecule has 0 aliphatic carbocycles. The maximum atomic E-state index is 12.5. The molecular formula is C37H51Cl3N4O. The number of aromatic nitrogens is 2. The number of piperazine rings is 1. The molecule has 5 nitrogen and oxygen atoms in total. The van der Waals surface area contributed by atoms with E-state index in [1.165, 1.54) is 22.3 Å². The summed E-state index contributed by atoms with van der Waals surface area (Å²) in [6, 6.07) is 28.0. The number of aryl methyl sites for hydroxylation is 1. The van der Waals surface area contributed by atoms with Crippen molar-refractivity contribution in [3.63, 3.8) is 0 Å². The van der Waals surface area contributed by atoms with Crippen molar-refractivity contribution in [3.05, 3.63) is 113 Å². The molecule has 2 unspecified atom stereocenters. The number of aromatic amines is 1. The van der Waals surface area contributed by atoms with Gasteiger partial charge in [-0.3, -0.25) is 4.90 Å². The average molecular weight is 674 g/mol. The lowest BCUT2D eigenvalue weighted by molar-refractivity contribution is 0.0295. The van der Waals surface area contributed by atoms with Crippen LogP contribution >= 0.6 is 37.2 Å². The summed E-state index contributed by atoms with van der Waals surface area (Å²) in [4.78, 5) is 11.0. The molecule has 1 saturated heterocycles. The third-order valence-corrected chi connectivity index (χ3v) is 8.71. The molecule has 246 valence electrons. The van der Waals surface area contributed by atoms with Crippen LogP contribution in [0.4, 0.5) is 0 Å². The molecule has 0 saturated carbocycles. The van der Waals surface area contributed by atoms with Gasteiger partial charge in [0.15, 0.2) is 0 Å². The number of nitrogens with one attached hydrogen (secondary N) is 2. The van der Waals surface area contributed by atoms with Gasteiger partial charge in [0.2, 0.25) is 0 Å². The first kappa shape index (κ1) is 38.8. The van der Waals surface area contributed by atoms with Crippen molar-refractivity contribution in [1.29, 1.82) is 0 Å². The summed E-state index contributed by atoms with van der Waals surface area (Å²) in [5.41, 5.74) is 7.74. The maximum Gasteiger partial charge on any atom is 0.137 e. The lowest BCUT2D eigenvalue weighted by Gasteiger charge is -2.42. The van der Waals surface area contributed by atoms with Gasteiger partial charge in [0.25, 0.3) is 0 Å². The number of halogens is 3. The van der Waals surface area contributed by atoms with Crippen molar-refractivity contribution < 1.29 is 5.11 Å². The smallest absolute Gasteiger partial charge is 0.137 e. The van der Waals surface area contributed by atoms with Crippen LogP contribution in [0.5, 0.6) is 0 Å². The number of hydrogen-bond acceptors (Lipinski definition) is 4. The molecular weight excluding hydrogens is 623 g/mol. The van der Waals surface area contributed by atoms with Crippen LogP contribution in [0.1, 0.15) is 87.2 Å². The van der Waals surface area contributed by atoms with E-state index in [2.05, 4.69) is 117 Å². The first-order valence-electron chi connectivity index (χ1n) is 15.4. The van der Waals surface area contributed by atoms with E-state index in [0.717, 1.165) is 49.0 Å². The SMILES string of the molecule is Cc1[nH]c(-c2ccccc2)nc1C(O)C(C(c1cccc(C(C)(C)C)c1)c1cccc(C(C)(C)C)c1)N1CCNCC1.Cl.Cl.Cl. The third-order valence-electron chi connectivity index (χ3n) is 8.71. The highest BCUT2D eigenvalue weighted by molar-refractivity contribution is 5.86. The molecule has 3 aromatic carbocycles. The Labute approximate surface area is 288 Å². The van der Waals surface area contributed by atoms with Crippen molar-refractivity contribution in [2.24, 2.45) is 0 Å². The van der Waals surface area contributed by atoms with Gasteiger partial charge in [0.05, 0.1) is 11.7 Å². The van der Waals surface area contributed by atoms with E-state index in [0.29, 0.717) is 0 Å². The summed E-state index contributed by atoms with van der Waals surface area (Å²) < 4.78 is 0. The maximum absolute atomic E-state index is 12.5. The van der Waals surface area contributed by atoms with E-state index in [4.69, 9.17) is 4.98 Å². The van der Waals surface area contributed by atoms with Crippen LogP contribution in [0.15, 0.2) is 78.9 Å². The summed E-state index contributed by atoms with van der Waals surface area (Å²) >= 11 is 0. The number of nitrogens with zero attached hydrogens (tertiary/aromatic N) is 2. The lowest BCUT2D eigenvalue weighted by Crippen LogP contribution is -2.52. The first-order chi connectivity index (χ1) is 19.9. The fourth-order valence-electron chi connectivity index (χ4n) is 6.21. The van der Waals surface area contributed by atoms with Crippen molar-refractivity contribution in [1.82, 2.24) is 20.2 Å². The molecule has 3 N–H and O–H groups in total. The van der Waals surface area contributed by atoms with E-state index >= 15 is 0 Å². The zero-order valence-corrected chi connectivity index (χ0v) is 30.1. The largest absolute Gasteiger partial charge is 0.385 e. The molecule has 0 radical (unpaired) electrons. The van der Waals surface area contributed by atoms with Gasteiger partial charge < -0.3 is 15.4 Å². The molecule has 2 atom stereocenters. The molecule has 4 aromatic rings. The van der Waals surface area contributed by atoms with Crippen molar-refractivity contribution in [3.8, 4) is 11.4 Å². The Morgan fingerprint density at radius 3 is 1.73 bits per heavy atom. The van der Waals surface area contributed by atoms with Crippen LogP contribution in [0, 0.1) is 6.92 Å².